The number of benzene rings is 2. The van der Waals surface area contributed by atoms with Gasteiger partial charge in [-0.2, -0.15) is 9.61 Å². The lowest BCUT2D eigenvalue weighted by Crippen LogP contribution is -2.21. The summed E-state index contributed by atoms with van der Waals surface area (Å²) < 4.78 is 1.25. The van der Waals surface area contributed by atoms with Gasteiger partial charge < -0.3 is 5.73 Å². The zero-order valence-corrected chi connectivity index (χ0v) is 18.7. The normalized spacial score (nSPS) is 13.1. The number of carbonyl (C=O) groups is 2. The molecule has 2 heterocycles. The highest BCUT2D eigenvalue weighted by Crippen LogP contribution is 2.29. The Morgan fingerprint density at radius 1 is 0.812 bits per heavy atom. The van der Waals surface area contributed by atoms with Crippen molar-refractivity contribution in [3.05, 3.63) is 81.1 Å². The van der Waals surface area contributed by atoms with Crippen molar-refractivity contribution in [2.75, 3.05) is 5.73 Å². The summed E-state index contributed by atoms with van der Waals surface area (Å²) >= 11 is 11.9. The monoisotopic (exact) mass is 468 g/mol. The number of anilines is 1. The SMILES string of the molecule is C[C@H](C(=O)c1ccc(Cl)cc1)c1nc2nnc(N)n2nc1[C@@H](C)C(=O)c1ccc(Cl)cc1. The van der Waals surface area contributed by atoms with Crippen LogP contribution in [0, 0.1) is 0 Å². The number of hydrogen-bond acceptors (Lipinski definition) is 7. The summed E-state index contributed by atoms with van der Waals surface area (Å²) in [6, 6.07) is 13.1. The number of Topliss-reactive ketones (excluding diaryl/α,β-unsaturated/α-hetero) is 2. The summed E-state index contributed by atoms with van der Waals surface area (Å²) in [4.78, 5) is 30.9. The summed E-state index contributed by atoms with van der Waals surface area (Å²) in [7, 11) is 0. The fourth-order valence-electron chi connectivity index (χ4n) is 3.38. The smallest absolute Gasteiger partial charge is 0.273 e. The van der Waals surface area contributed by atoms with E-state index in [4.69, 9.17) is 28.9 Å². The molecule has 8 nitrogen and oxygen atoms in total. The van der Waals surface area contributed by atoms with Crippen molar-refractivity contribution in [3.63, 3.8) is 0 Å². The number of nitrogens with zero attached hydrogens (tertiary/aromatic N) is 5. The van der Waals surface area contributed by atoms with Crippen molar-refractivity contribution >= 4 is 46.5 Å². The van der Waals surface area contributed by atoms with Crippen molar-refractivity contribution in [1.82, 2.24) is 24.8 Å². The number of fused-ring (bicyclic) bond motifs is 1. The van der Waals surface area contributed by atoms with Crippen LogP contribution < -0.4 is 5.73 Å². The molecule has 2 atom stereocenters. The lowest BCUT2D eigenvalue weighted by molar-refractivity contribution is 0.0946. The van der Waals surface area contributed by atoms with Gasteiger partial charge in [0.25, 0.3) is 5.78 Å². The molecule has 162 valence electrons. The second-order valence-electron chi connectivity index (χ2n) is 7.34. The minimum atomic E-state index is -0.717. The third-order valence-corrected chi connectivity index (χ3v) is 5.71. The van der Waals surface area contributed by atoms with Gasteiger partial charge in [-0.1, -0.05) is 23.2 Å². The minimum Gasteiger partial charge on any atom is -0.366 e. The molecule has 0 spiro atoms. The Labute approximate surface area is 193 Å². The second kappa shape index (κ2) is 8.64. The van der Waals surface area contributed by atoms with E-state index >= 15 is 0 Å². The molecule has 0 aliphatic rings. The van der Waals surface area contributed by atoms with E-state index in [1.165, 1.54) is 4.52 Å². The predicted octanol–water partition coefficient (Wildman–Crippen LogP) is 4.38. The molecule has 0 radical (unpaired) electrons. The standard InChI is InChI=1S/C22H18Cl2N6O2/c1-11(19(31)13-3-7-15(23)8-4-13)17-18(29-30-21(25)27-28-22(30)26-17)12(2)20(32)14-5-9-16(24)10-6-14/h3-12H,1-2H3,(H2,25,27)/t11-,12+/m0/s1. The maximum atomic E-state index is 13.2. The summed E-state index contributed by atoms with van der Waals surface area (Å²) in [6.45, 7) is 3.41. The quantitative estimate of drug-likeness (QED) is 0.417. The molecule has 0 amide bonds. The van der Waals surface area contributed by atoms with Crippen molar-refractivity contribution in [1.29, 1.82) is 0 Å². The van der Waals surface area contributed by atoms with Crippen LogP contribution in [0.15, 0.2) is 48.5 Å². The van der Waals surface area contributed by atoms with Crippen LogP contribution in [0.2, 0.25) is 10.0 Å². The summed E-state index contributed by atoms with van der Waals surface area (Å²) in [5.74, 6) is -1.65. The van der Waals surface area contributed by atoms with Crippen molar-refractivity contribution < 1.29 is 9.59 Å². The Kier molecular flexibility index (Phi) is 5.90. The van der Waals surface area contributed by atoms with Crippen LogP contribution in [0.1, 0.15) is 57.8 Å². The lowest BCUT2D eigenvalue weighted by Gasteiger charge is -2.18. The molecule has 0 fully saturated rings. The lowest BCUT2D eigenvalue weighted by atomic mass is 9.89. The van der Waals surface area contributed by atoms with E-state index in [0.717, 1.165) is 0 Å². The van der Waals surface area contributed by atoms with Gasteiger partial charge in [0.2, 0.25) is 5.95 Å². The van der Waals surface area contributed by atoms with Crippen LogP contribution >= 0.6 is 23.2 Å². The molecule has 2 N–H and O–H groups in total. The van der Waals surface area contributed by atoms with Gasteiger partial charge in [-0.05, 0) is 62.4 Å². The third kappa shape index (κ3) is 4.06. The van der Waals surface area contributed by atoms with Gasteiger partial charge in [0.1, 0.15) is 0 Å². The highest BCUT2D eigenvalue weighted by Gasteiger charge is 2.30. The van der Waals surface area contributed by atoms with Gasteiger partial charge in [0.05, 0.1) is 23.2 Å². The number of nitrogen functional groups attached to an aromatic ring is 1. The fourth-order valence-corrected chi connectivity index (χ4v) is 3.63. The number of hydrogen-bond donors (Lipinski definition) is 1. The molecule has 0 bridgehead atoms. The van der Waals surface area contributed by atoms with Gasteiger partial charge in [-0.15, -0.1) is 10.2 Å². The number of ketones is 2. The zero-order chi connectivity index (χ0) is 23.0. The van der Waals surface area contributed by atoms with Crippen molar-refractivity contribution in [2.45, 2.75) is 25.7 Å². The Morgan fingerprint density at radius 3 is 1.78 bits per heavy atom. The predicted molar refractivity (Wildman–Crippen MR) is 121 cm³/mol. The summed E-state index contributed by atoms with van der Waals surface area (Å²) in [5.41, 5.74) is 7.43. The number of nitrogens with two attached hydrogens (primary N) is 1. The molecule has 4 rings (SSSR count). The molecule has 0 saturated carbocycles. The number of aromatic nitrogens is 5. The van der Waals surface area contributed by atoms with E-state index in [9.17, 15) is 9.59 Å². The largest absolute Gasteiger partial charge is 0.366 e. The van der Waals surface area contributed by atoms with Gasteiger partial charge >= 0.3 is 0 Å². The Morgan fingerprint density at radius 2 is 1.28 bits per heavy atom. The maximum Gasteiger partial charge on any atom is 0.273 e. The van der Waals surface area contributed by atoms with E-state index in [-0.39, 0.29) is 23.3 Å². The first-order chi connectivity index (χ1) is 15.3. The molecule has 2 aromatic heterocycles. The number of halogens is 2. The maximum absolute atomic E-state index is 13.2. The Hall–Kier alpha value is -3.36. The highest BCUT2D eigenvalue weighted by molar-refractivity contribution is 6.31. The van der Waals surface area contributed by atoms with E-state index in [1.807, 2.05) is 0 Å². The average Bonchev–Trinajstić information content (AvgIpc) is 3.17. The zero-order valence-electron chi connectivity index (χ0n) is 17.2. The molecule has 0 saturated heterocycles. The first-order valence-corrected chi connectivity index (χ1v) is 10.5. The first-order valence-electron chi connectivity index (χ1n) is 9.74. The van der Waals surface area contributed by atoms with Gasteiger partial charge in [0, 0.05) is 21.2 Å². The highest BCUT2D eigenvalue weighted by atomic mass is 35.5. The minimum absolute atomic E-state index is 0.0307. The average molecular weight is 469 g/mol. The van der Waals surface area contributed by atoms with Crippen LogP contribution in [-0.4, -0.2) is 36.4 Å². The molecule has 4 aromatic rings. The molecule has 32 heavy (non-hydrogen) atoms. The molecule has 10 heteroatoms. The number of carbonyl (C=O) groups excluding carboxylic acids is 2. The molecule has 2 aromatic carbocycles. The Balaban J connectivity index is 1.80. The van der Waals surface area contributed by atoms with E-state index in [2.05, 4.69) is 20.3 Å². The summed E-state index contributed by atoms with van der Waals surface area (Å²) in [5, 5.41) is 13.2. The Bertz CT molecular complexity index is 1320. The molecular formula is C22H18Cl2N6O2. The molecular weight excluding hydrogens is 451 g/mol. The van der Waals surface area contributed by atoms with Crippen LogP contribution in [-0.2, 0) is 0 Å². The van der Waals surface area contributed by atoms with E-state index in [0.29, 0.717) is 32.6 Å². The topological polar surface area (TPSA) is 116 Å². The van der Waals surface area contributed by atoms with Gasteiger partial charge in [-0.25, -0.2) is 4.98 Å². The third-order valence-electron chi connectivity index (χ3n) is 5.20. The van der Waals surface area contributed by atoms with E-state index < -0.39 is 11.8 Å². The van der Waals surface area contributed by atoms with Crippen LogP contribution in [0.4, 0.5) is 5.95 Å². The molecule has 0 unspecified atom stereocenters. The number of rotatable bonds is 6. The fraction of sp³-hybridized carbons (Fsp3) is 0.182. The van der Waals surface area contributed by atoms with E-state index in [1.54, 1.807) is 62.4 Å². The second-order valence-corrected chi connectivity index (χ2v) is 8.21. The molecule has 0 aliphatic heterocycles. The first kappa shape index (κ1) is 21.9. The van der Waals surface area contributed by atoms with Crippen LogP contribution in [0.3, 0.4) is 0 Å². The summed E-state index contributed by atoms with van der Waals surface area (Å²) in [6.07, 6.45) is 0. The van der Waals surface area contributed by atoms with Crippen LogP contribution in [0.5, 0.6) is 0 Å². The van der Waals surface area contributed by atoms with Crippen molar-refractivity contribution in [2.24, 2.45) is 0 Å². The van der Waals surface area contributed by atoms with Crippen molar-refractivity contribution in [3.8, 4) is 0 Å². The van der Waals surface area contributed by atoms with Crippen LogP contribution in [0.25, 0.3) is 5.78 Å². The van der Waals surface area contributed by atoms with Gasteiger partial charge in [0.15, 0.2) is 11.6 Å². The molecule has 0 aliphatic carbocycles. The van der Waals surface area contributed by atoms with Gasteiger partial charge in [-0.3, -0.25) is 9.59 Å².